The molecule has 146 valence electrons. The molecular weight excluding hydrogens is 405 g/mol. The Morgan fingerprint density at radius 3 is 2.46 bits per heavy atom. The average molecular weight is 421 g/mol. The van der Waals surface area contributed by atoms with Crippen molar-refractivity contribution in [3.05, 3.63) is 18.0 Å². The van der Waals surface area contributed by atoms with Gasteiger partial charge in [-0.3, -0.25) is 5.32 Å². The molecule has 0 unspecified atom stereocenters. The van der Waals surface area contributed by atoms with Crippen LogP contribution in [-0.4, -0.2) is 53.6 Å². The van der Waals surface area contributed by atoms with Crippen LogP contribution in [0.4, 0.5) is 16.7 Å². The maximum atomic E-state index is 12.3. The Labute approximate surface area is 182 Å². The predicted octanol–water partition coefficient (Wildman–Crippen LogP) is -4.47. The first-order valence-corrected chi connectivity index (χ1v) is 8.93. The van der Waals surface area contributed by atoms with E-state index in [0.29, 0.717) is 0 Å². The van der Waals surface area contributed by atoms with Gasteiger partial charge in [0.15, 0.2) is 0 Å². The topological polar surface area (TPSA) is 180 Å². The van der Waals surface area contributed by atoms with Gasteiger partial charge in [0.2, 0.25) is 11.9 Å². The quantitative estimate of drug-likeness (QED) is 0.369. The third-order valence-corrected chi connectivity index (χ3v) is 4.45. The van der Waals surface area contributed by atoms with Crippen LogP contribution in [0.3, 0.4) is 0 Å². The molecular formula is C13H16N7NaO6S. The van der Waals surface area contributed by atoms with E-state index in [0.717, 1.165) is 10.6 Å². The van der Waals surface area contributed by atoms with E-state index in [9.17, 15) is 23.1 Å². The Hall–Kier alpha value is -2.42. The van der Waals surface area contributed by atoms with Gasteiger partial charge in [-0.2, -0.15) is 15.0 Å². The molecule has 15 heteroatoms. The number of carboxylic acids is 1. The summed E-state index contributed by atoms with van der Waals surface area (Å²) >= 11 is 0. The summed E-state index contributed by atoms with van der Waals surface area (Å²) in [5.74, 6) is -1.91. The molecule has 0 saturated heterocycles. The zero-order chi connectivity index (χ0) is 20.2. The number of nitrogens with zero attached hydrogens (tertiary/aromatic N) is 4. The van der Waals surface area contributed by atoms with E-state index in [1.165, 1.54) is 20.3 Å². The second-order valence-electron chi connectivity index (χ2n) is 4.93. The number of hydrogen-bond acceptors (Lipinski definition) is 10. The smallest absolute Gasteiger partial charge is 0.543 e. The Balaban J connectivity index is 0.00000392. The van der Waals surface area contributed by atoms with E-state index in [-0.39, 0.29) is 54.1 Å². The number of amides is 2. The molecule has 0 radical (unpaired) electrons. The summed E-state index contributed by atoms with van der Waals surface area (Å²) in [7, 11) is -1.65. The summed E-state index contributed by atoms with van der Waals surface area (Å²) in [6, 6.07) is -0.271. The summed E-state index contributed by atoms with van der Waals surface area (Å²) in [6.07, 6.45) is 1.21. The minimum Gasteiger partial charge on any atom is -0.543 e. The number of carboxylic acid groups (broad SMARTS) is 1. The molecule has 0 aliphatic carbocycles. The zero-order valence-corrected chi connectivity index (χ0v) is 18.3. The second-order valence-corrected chi connectivity index (χ2v) is 6.59. The minimum atomic E-state index is -4.49. The molecule has 0 aliphatic heterocycles. The molecule has 13 nitrogen and oxygen atoms in total. The fourth-order valence-corrected chi connectivity index (χ4v) is 3.12. The molecule has 0 atom stereocenters. The van der Waals surface area contributed by atoms with Gasteiger partial charge in [0.25, 0.3) is 10.0 Å². The fraction of sp³-hybridized carbons (Fsp3) is 0.308. The van der Waals surface area contributed by atoms with E-state index < -0.39 is 32.6 Å². The summed E-state index contributed by atoms with van der Waals surface area (Å²) in [5.41, 5.74) is -0.605. The number of nitrogens with one attached hydrogen (secondary N) is 3. The Morgan fingerprint density at radius 1 is 1.25 bits per heavy atom. The third-order valence-electron chi connectivity index (χ3n) is 3.08. The largest absolute Gasteiger partial charge is 1.00 e. The number of rotatable bonds is 7. The predicted molar refractivity (Wildman–Crippen MR) is 89.6 cm³/mol. The van der Waals surface area contributed by atoms with Crippen molar-refractivity contribution >= 4 is 33.9 Å². The monoisotopic (exact) mass is 421 g/mol. The maximum absolute atomic E-state index is 12.3. The van der Waals surface area contributed by atoms with Crippen molar-refractivity contribution < 1.29 is 57.4 Å². The van der Waals surface area contributed by atoms with Crippen LogP contribution < -0.4 is 54.8 Å². The number of carbonyl (C=O) groups is 2. The zero-order valence-electron chi connectivity index (χ0n) is 15.5. The van der Waals surface area contributed by atoms with Gasteiger partial charge < -0.3 is 24.5 Å². The van der Waals surface area contributed by atoms with Gasteiger partial charge in [-0.25, -0.2) is 17.9 Å². The molecule has 0 aromatic carbocycles. The molecule has 0 fully saturated rings. The molecule has 0 spiro atoms. The second kappa shape index (κ2) is 9.68. The van der Waals surface area contributed by atoms with Crippen molar-refractivity contribution in [3.63, 3.8) is 0 Å². The summed E-state index contributed by atoms with van der Waals surface area (Å²) in [5, 5.41) is 15.9. The number of anilines is 2. The van der Waals surface area contributed by atoms with E-state index in [4.69, 9.17) is 4.74 Å². The van der Waals surface area contributed by atoms with E-state index >= 15 is 0 Å². The molecule has 2 rings (SSSR count). The molecule has 0 saturated carbocycles. The van der Waals surface area contributed by atoms with Crippen LogP contribution in [0, 0.1) is 0 Å². The average Bonchev–Trinajstić information content (AvgIpc) is 2.97. The van der Waals surface area contributed by atoms with Crippen LogP contribution in [-0.2, 0) is 17.1 Å². The standard InChI is InChI=1S/C13H17N7O6S.Na/c1-4-26-13-17-10(14-2)15-11(18-13)16-12(23)19-27(24,25)7-5-6-20(3)8(7)9(21)22;/h5-6H,4H2,1-3H3,(H,21,22)(H3,14,15,16,17,18,19,23);/q;+1/p-1. The van der Waals surface area contributed by atoms with E-state index in [1.54, 1.807) is 11.6 Å². The fourth-order valence-electron chi connectivity index (χ4n) is 1.99. The molecule has 0 aliphatic rings. The van der Waals surface area contributed by atoms with Crippen LogP contribution in [0.5, 0.6) is 6.01 Å². The molecule has 3 N–H and O–H groups in total. The van der Waals surface area contributed by atoms with Crippen molar-refractivity contribution in [1.29, 1.82) is 0 Å². The molecule has 2 aromatic rings. The molecule has 2 aromatic heterocycles. The van der Waals surface area contributed by atoms with Crippen molar-refractivity contribution in [1.82, 2.24) is 24.2 Å². The Bertz CT molecular complexity index is 978. The summed E-state index contributed by atoms with van der Waals surface area (Å²) in [6.45, 7) is 1.96. The van der Waals surface area contributed by atoms with Crippen LogP contribution in [0.25, 0.3) is 0 Å². The van der Waals surface area contributed by atoms with Crippen LogP contribution >= 0.6 is 0 Å². The van der Waals surface area contributed by atoms with Crippen LogP contribution in [0.2, 0.25) is 0 Å². The maximum Gasteiger partial charge on any atom is 1.00 e. The van der Waals surface area contributed by atoms with Crippen molar-refractivity contribution in [3.8, 4) is 6.01 Å². The van der Waals surface area contributed by atoms with Gasteiger partial charge in [-0.1, -0.05) is 0 Å². The first kappa shape index (κ1) is 23.6. The third kappa shape index (κ3) is 5.54. The number of carbonyl (C=O) groups excluding carboxylic acids is 2. The number of sulfonamides is 1. The number of hydrogen-bond donors (Lipinski definition) is 3. The van der Waals surface area contributed by atoms with E-state index in [1.807, 2.05) is 0 Å². The molecule has 0 bridgehead atoms. The number of ether oxygens (including phenoxy) is 1. The van der Waals surface area contributed by atoms with Crippen LogP contribution in [0.1, 0.15) is 17.4 Å². The van der Waals surface area contributed by atoms with Gasteiger partial charge in [0.05, 0.1) is 18.3 Å². The summed E-state index contributed by atoms with van der Waals surface area (Å²) in [4.78, 5) is 34.1. The van der Waals surface area contributed by atoms with Crippen molar-refractivity contribution in [2.75, 3.05) is 24.3 Å². The van der Waals surface area contributed by atoms with Gasteiger partial charge in [-0.05, 0) is 13.0 Å². The summed E-state index contributed by atoms with van der Waals surface area (Å²) < 4.78 is 32.4. The first-order chi connectivity index (χ1) is 12.7. The normalized spacial score (nSPS) is 10.5. The SMILES string of the molecule is CCOc1nc(NC)nc(NC(=O)NS(=O)(=O)c2ccn(C)c2C(=O)[O-])n1.[Na+]. The molecule has 2 amide bonds. The van der Waals surface area contributed by atoms with Crippen LogP contribution in [0.15, 0.2) is 17.2 Å². The Morgan fingerprint density at radius 2 is 1.89 bits per heavy atom. The number of aromatic nitrogens is 4. The number of aromatic carboxylic acids is 1. The number of urea groups is 1. The number of aryl methyl sites for hydroxylation is 1. The molecule has 2 heterocycles. The van der Waals surface area contributed by atoms with Crippen molar-refractivity contribution in [2.24, 2.45) is 7.05 Å². The molecule has 28 heavy (non-hydrogen) atoms. The van der Waals surface area contributed by atoms with Gasteiger partial charge in [0, 0.05) is 20.3 Å². The van der Waals surface area contributed by atoms with E-state index in [2.05, 4.69) is 25.6 Å². The van der Waals surface area contributed by atoms with Gasteiger partial charge in [-0.15, -0.1) is 0 Å². The van der Waals surface area contributed by atoms with Crippen molar-refractivity contribution in [2.45, 2.75) is 11.8 Å². The first-order valence-electron chi connectivity index (χ1n) is 7.45. The van der Waals surface area contributed by atoms with Gasteiger partial charge >= 0.3 is 41.6 Å². The minimum absolute atomic E-state index is 0. The Kier molecular flexibility index (Phi) is 8.16. The van der Waals surface area contributed by atoms with Gasteiger partial charge in [0.1, 0.15) is 4.90 Å².